The van der Waals surface area contributed by atoms with Crippen molar-refractivity contribution >= 4 is 0 Å². The molecule has 0 bridgehead atoms. The van der Waals surface area contributed by atoms with Gasteiger partial charge in [0.25, 0.3) is 0 Å². The van der Waals surface area contributed by atoms with Crippen LogP contribution in [0.15, 0.2) is 6.33 Å². The molecule has 1 fully saturated rings. The minimum Gasteiger partial charge on any atom is -0.392 e. The highest BCUT2D eigenvalue weighted by molar-refractivity contribution is 4.95. The summed E-state index contributed by atoms with van der Waals surface area (Å²) in [5.41, 5.74) is 0.260. The van der Waals surface area contributed by atoms with Crippen LogP contribution in [0.1, 0.15) is 45.9 Å². The van der Waals surface area contributed by atoms with Crippen molar-refractivity contribution in [1.82, 2.24) is 14.8 Å². The molecule has 2 atom stereocenters. The zero-order valence-corrected chi connectivity index (χ0v) is 11.1. The van der Waals surface area contributed by atoms with E-state index in [9.17, 15) is 5.11 Å². The van der Waals surface area contributed by atoms with Crippen molar-refractivity contribution in [3.05, 3.63) is 12.2 Å². The maximum atomic E-state index is 10.4. The van der Waals surface area contributed by atoms with Gasteiger partial charge in [0.05, 0.1) is 6.10 Å². The van der Waals surface area contributed by atoms with E-state index in [1.54, 1.807) is 6.33 Å². The monoisotopic (exact) mass is 237 g/mol. The number of hydrogen-bond donors (Lipinski definition) is 1. The number of aliphatic hydroxyl groups is 1. The summed E-state index contributed by atoms with van der Waals surface area (Å²) in [6, 6.07) is 0. The van der Waals surface area contributed by atoms with Crippen LogP contribution in [-0.2, 0) is 13.0 Å². The van der Waals surface area contributed by atoms with E-state index in [1.165, 1.54) is 12.8 Å². The van der Waals surface area contributed by atoms with E-state index in [1.807, 2.05) is 11.6 Å². The number of aliphatic hydroxyl groups excluding tert-OH is 1. The first-order chi connectivity index (χ1) is 8.04. The summed E-state index contributed by atoms with van der Waals surface area (Å²) in [6.45, 7) is 7.39. The summed E-state index contributed by atoms with van der Waals surface area (Å²) in [7, 11) is 0. The molecule has 1 saturated carbocycles. The molecule has 0 aromatic carbocycles. The zero-order valence-electron chi connectivity index (χ0n) is 11.1. The van der Waals surface area contributed by atoms with Crippen LogP contribution >= 0.6 is 0 Å². The van der Waals surface area contributed by atoms with Crippen LogP contribution < -0.4 is 0 Å². The summed E-state index contributed by atoms with van der Waals surface area (Å²) >= 11 is 0. The van der Waals surface area contributed by atoms with Crippen molar-refractivity contribution in [2.45, 2.75) is 59.1 Å². The minimum absolute atomic E-state index is 0.260. The van der Waals surface area contributed by atoms with Gasteiger partial charge in [-0.2, -0.15) is 5.10 Å². The Balaban J connectivity index is 2.04. The number of rotatable bonds is 4. The van der Waals surface area contributed by atoms with E-state index in [2.05, 4.69) is 23.9 Å². The molecule has 4 nitrogen and oxygen atoms in total. The molecule has 4 heteroatoms. The standard InChI is InChI=1S/C13H23N3O/c1-4-16-12(14-9-15-16)8-11(17)10-6-5-7-13(10,2)3/h9-11,17H,4-8H2,1-3H3. The third-order valence-corrected chi connectivity index (χ3v) is 4.19. The summed E-state index contributed by atoms with van der Waals surface area (Å²) < 4.78 is 1.87. The first-order valence-corrected chi connectivity index (χ1v) is 6.59. The van der Waals surface area contributed by atoms with Crippen molar-refractivity contribution in [1.29, 1.82) is 0 Å². The second-order valence-electron chi connectivity index (χ2n) is 5.75. The molecule has 2 unspecified atom stereocenters. The van der Waals surface area contributed by atoms with Gasteiger partial charge < -0.3 is 5.11 Å². The molecule has 1 heterocycles. The van der Waals surface area contributed by atoms with Crippen molar-refractivity contribution in [3.63, 3.8) is 0 Å². The largest absolute Gasteiger partial charge is 0.392 e. The molecule has 1 aromatic heterocycles. The number of aromatic nitrogens is 3. The third-order valence-electron chi connectivity index (χ3n) is 4.19. The molecular formula is C13H23N3O. The normalized spacial score (nSPS) is 25.1. The Bertz CT molecular complexity index is 372. The van der Waals surface area contributed by atoms with Crippen LogP contribution in [0, 0.1) is 11.3 Å². The SMILES string of the molecule is CCn1ncnc1CC(O)C1CCCC1(C)C. The Morgan fingerprint density at radius 2 is 2.35 bits per heavy atom. The molecule has 96 valence electrons. The maximum Gasteiger partial charge on any atom is 0.138 e. The average molecular weight is 237 g/mol. The highest BCUT2D eigenvalue weighted by Crippen LogP contribution is 2.44. The predicted octanol–water partition coefficient (Wildman–Crippen LogP) is 2.03. The highest BCUT2D eigenvalue weighted by atomic mass is 16.3. The molecular weight excluding hydrogens is 214 g/mol. The summed E-state index contributed by atoms with van der Waals surface area (Å²) in [6.07, 6.45) is 5.49. The van der Waals surface area contributed by atoms with Gasteiger partial charge in [-0.05, 0) is 31.1 Å². The van der Waals surface area contributed by atoms with E-state index in [4.69, 9.17) is 0 Å². The Morgan fingerprint density at radius 1 is 1.59 bits per heavy atom. The maximum absolute atomic E-state index is 10.4. The molecule has 1 aliphatic carbocycles. The van der Waals surface area contributed by atoms with E-state index < -0.39 is 0 Å². The van der Waals surface area contributed by atoms with Crippen LogP contribution in [0.25, 0.3) is 0 Å². The van der Waals surface area contributed by atoms with Gasteiger partial charge in [-0.1, -0.05) is 20.3 Å². The predicted molar refractivity (Wildman–Crippen MR) is 66.5 cm³/mol. The van der Waals surface area contributed by atoms with Crippen LogP contribution in [0.4, 0.5) is 0 Å². The van der Waals surface area contributed by atoms with Crippen molar-refractivity contribution in [3.8, 4) is 0 Å². The number of aryl methyl sites for hydroxylation is 1. The summed E-state index contributed by atoms with van der Waals surface area (Å²) in [4.78, 5) is 4.24. The first-order valence-electron chi connectivity index (χ1n) is 6.59. The van der Waals surface area contributed by atoms with E-state index in [-0.39, 0.29) is 11.5 Å². The smallest absolute Gasteiger partial charge is 0.138 e. The van der Waals surface area contributed by atoms with Crippen molar-refractivity contribution in [2.75, 3.05) is 0 Å². The van der Waals surface area contributed by atoms with Gasteiger partial charge in [-0.3, -0.25) is 4.68 Å². The van der Waals surface area contributed by atoms with Gasteiger partial charge in [0.15, 0.2) is 0 Å². The van der Waals surface area contributed by atoms with E-state index in [0.717, 1.165) is 18.8 Å². The lowest BCUT2D eigenvalue weighted by Crippen LogP contribution is -2.32. The third kappa shape index (κ3) is 2.51. The molecule has 0 aliphatic heterocycles. The Kier molecular flexibility index (Phi) is 3.52. The Morgan fingerprint density at radius 3 is 2.94 bits per heavy atom. The molecule has 17 heavy (non-hydrogen) atoms. The second kappa shape index (κ2) is 4.77. The lowest BCUT2D eigenvalue weighted by atomic mass is 9.78. The minimum atomic E-state index is -0.290. The average Bonchev–Trinajstić information content (AvgIpc) is 2.83. The topological polar surface area (TPSA) is 50.9 Å². The molecule has 1 N–H and O–H groups in total. The molecule has 1 aromatic rings. The van der Waals surface area contributed by atoms with Crippen LogP contribution in [0.3, 0.4) is 0 Å². The molecule has 1 aliphatic rings. The van der Waals surface area contributed by atoms with Crippen LogP contribution in [-0.4, -0.2) is 26.0 Å². The lowest BCUT2D eigenvalue weighted by molar-refractivity contribution is 0.0520. The first kappa shape index (κ1) is 12.6. The highest BCUT2D eigenvalue weighted by Gasteiger charge is 2.39. The number of hydrogen-bond acceptors (Lipinski definition) is 3. The molecule has 0 amide bonds. The van der Waals surface area contributed by atoms with Gasteiger partial charge in [0.2, 0.25) is 0 Å². The van der Waals surface area contributed by atoms with Gasteiger partial charge in [-0.15, -0.1) is 0 Å². The summed E-state index contributed by atoms with van der Waals surface area (Å²) in [5, 5.41) is 14.5. The van der Waals surface area contributed by atoms with Crippen molar-refractivity contribution in [2.24, 2.45) is 11.3 Å². The zero-order chi connectivity index (χ0) is 12.5. The Hall–Kier alpha value is -0.900. The number of nitrogens with zero attached hydrogens (tertiary/aromatic N) is 3. The fourth-order valence-electron chi connectivity index (χ4n) is 3.11. The fourth-order valence-corrected chi connectivity index (χ4v) is 3.11. The fraction of sp³-hybridized carbons (Fsp3) is 0.846. The quantitative estimate of drug-likeness (QED) is 0.871. The molecule has 0 spiro atoms. The molecule has 0 saturated heterocycles. The van der Waals surface area contributed by atoms with Gasteiger partial charge >= 0.3 is 0 Å². The van der Waals surface area contributed by atoms with Gasteiger partial charge in [-0.25, -0.2) is 4.98 Å². The Labute approximate surface area is 103 Å². The van der Waals surface area contributed by atoms with Gasteiger partial charge in [0.1, 0.15) is 12.2 Å². The summed E-state index contributed by atoms with van der Waals surface area (Å²) in [5.74, 6) is 1.30. The van der Waals surface area contributed by atoms with Gasteiger partial charge in [0, 0.05) is 13.0 Å². The second-order valence-corrected chi connectivity index (χ2v) is 5.75. The lowest BCUT2D eigenvalue weighted by Gasteiger charge is -2.30. The van der Waals surface area contributed by atoms with Crippen LogP contribution in [0.2, 0.25) is 0 Å². The van der Waals surface area contributed by atoms with Crippen LogP contribution in [0.5, 0.6) is 0 Å². The molecule has 0 radical (unpaired) electrons. The van der Waals surface area contributed by atoms with E-state index in [0.29, 0.717) is 12.3 Å². The van der Waals surface area contributed by atoms with Crippen molar-refractivity contribution < 1.29 is 5.11 Å². The van der Waals surface area contributed by atoms with E-state index >= 15 is 0 Å². The molecule has 2 rings (SSSR count).